The van der Waals surface area contributed by atoms with Crippen molar-refractivity contribution >= 4 is 0 Å². The molecule has 0 rings (SSSR count). The van der Waals surface area contributed by atoms with Crippen LogP contribution in [0.2, 0.25) is 0 Å². The Hall–Kier alpha value is -0.290. The minimum Gasteiger partial charge on any atom is -0.392 e. The molecule has 0 aromatic carbocycles. The molecule has 0 aliphatic rings. The summed E-state index contributed by atoms with van der Waals surface area (Å²) in [6, 6.07) is 0. The first-order valence-electron chi connectivity index (χ1n) is 5.27. The predicted molar refractivity (Wildman–Crippen MR) is 53.6 cm³/mol. The third-order valence-corrected chi connectivity index (χ3v) is 1.93. The summed E-state index contributed by atoms with van der Waals surface area (Å²) in [5.74, 6) is 0.479. The summed E-state index contributed by atoms with van der Waals surface area (Å²) in [4.78, 5) is 0. The third-order valence-electron chi connectivity index (χ3n) is 1.93. The van der Waals surface area contributed by atoms with E-state index in [-0.39, 0.29) is 12.8 Å². The summed E-state index contributed by atoms with van der Waals surface area (Å²) in [6.45, 7) is 5.21. The highest BCUT2D eigenvalue weighted by atomic mass is 19.4. The van der Waals surface area contributed by atoms with E-state index < -0.39 is 18.7 Å². The average Bonchev–Trinajstić information content (AvgIpc) is 2.00. The van der Waals surface area contributed by atoms with Crippen LogP contribution in [0.4, 0.5) is 13.2 Å². The Labute approximate surface area is 88.9 Å². The lowest BCUT2D eigenvalue weighted by molar-refractivity contribution is -0.136. The first kappa shape index (κ1) is 14.7. The molecule has 0 fully saturated rings. The van der Waals surface area contributed by atoms with E-state index in [0.29, 0.717) is 12.5 Å². The van der Waals surface area contributed by atoms with E-state index in [1.54, 1.807) is 0 Å². The van der Waals surface area contributed by atoms with Crippen LogP contribution in [-0.2, 0) is 0 Å². The van der Waals surface area contributed by atoms with Gasteiger partial charge in [0.15, 0.2) is 0 Å². The second-order valence-electron chi connectivity index (χ2n) is 4.21. The van der Waals surface area contributed by atoms with Crippen LogP contribution >= 0.6 is 0 Å². The highest BCUT2D eigenvalue weighted by molar-refractivity contribution is 4.62. The van der Waals surface area contributed by atoms with E-state index in [2.05, 4.69) is 5.32 Å². The lowest BCUT2D eigenvalue weighted by atomic mass is 10.1. The Bertz CT molecular complexity index is 159. The van der Waals surface area contributed by atoms with Crippen LogP contribution in [0.5, 0.6) is 0 Å². The molecule has 0 bridgehead atoms. The molecule has 15 heavy (non-hydrogen) atoms. The van der Waals surface area contributed by atoms with Gasteiger partial charge in [0.05, 0.1) is 6.10 Å². The molecule has 92 valence electrons. The zero-order valence-corrected chi connectivity index (χ0v) is 9.27. The van der Waals surface area contributed by atoms with Crippen LogP contribution in [0.1, 0.15) is 33.1 Å². The minimum absolute atomic E-state index is 0.00593. The van der Waals surface area contributed by atoms with E-state index in [1.165, 1.54) is 0 Å². The first-order chi connectivity index (χ1) is 6.81. The first-order valence-corrected chi connectivity index (χ1v) is 5.27. The van der Waals surface area contributed by atoms with Crippen molar-refractivity contribution < 1.29 is 18.3 Å². The molecular weight excluding hydrogens is 207 g/mol. The van der Waals surface area contributed by atoms with Crippen LogP contribution in [-0.4, -0.2) is 30.5 Å². The molecule has 2 N–H and O–H groups in total. The summed E-state index contributed by atoms with van der Waals surface area (Å²) in [5.41, 5.74) is 0. The number of aliphatic hydroxyl groups excluding tert-OH is 1. The molecule has 0 saturated heterocycles. The standard InChI is InChI=1S/C10H20F3NO/c1-8(2)6-14-7-9(15)4-3-5-10(11,12)13/h8-9,14-15H,3-7H2,1-2H3. The molecule has 0 aliphatic heterocycles. The van der Waals surface area contributed by atoms with Gasteiger partial charge in [-0.15, -0.1) is 0 Å². The van der Waals surface area contributed by atoms with Crippen molar-refractivity contribution in [3.8, 4) is 0 Å². The Morgan fingerprint density at radius 1 is 1.20 bits per heavy atom. The summed E-state index contributed by atoms with van der Waals surface area (Å²) >= 11 is 0. The van der Waals surface area contributed by atoms with Gasteiger partial charge in [-0.25, -0.2) is 0 Å². The van der Waals surface area contributed by atoms with Gasteiger partial charge < -0.3 is 10.4 Å². The van der Waals surface area contributed by atoms with E-state index in [9.17, 15) is 18.3 Å². The summed E-state index contributed by atoms with van der Waals surface area (Å²) in [5, 5.41) is 12.3. The van der Waals surface area contributed by atoms with Gasteiger partial charge in [0.1, 0.15) is 0 Å². The molecule has 0 aromatic heterocycles. The highest BCUT2D eigenvalue weighted by Crippen LogP contribution is 2.22. The maximum absolute atomic E-state index is 11.8. The molecule has 0 radical (unpaired) electrons. The van der Waals surface area contributed by atoms with E-state index >= 15 is 0 Å². The van der Waals surface area contributed by atoms with Gasteiger partial charge in [-0.1, -0.05) is 13.8 Å². The molecule has 0 heterocycles. The highest BCUT2D eigenvalue weighted by Gasteiger charge is 2.26. The quantitative estimate of drug-likeness (QED) is 0.699. The second kappa shape index (κ2) is 7.06. The van der Waals surface area contributed by atoms with Gasteiger partial charge in [-0.3, -0.25) is 0 Å². The van der Waals surface area contributed by atoms with Gasteiger partial charge in [0.2, 0.25) is 0 Å². The molecule has 0 saturated carbocycles. The zero-order valence-electron chi connectivity index (χ0n) is 9.27. The van der Waals surface area contributed by atoms with Crippen LogP contribution in [0.25, 0.3) is 0 Å². The van der Waals surface area contributed by atoms with Gasteiger partial charge in [-0.2, -0.15) is 13.2 Å². The van der Waals surface area contributed by atoms with E-state index in [0.717, 1.165) is 6.54 Å². The van der Waals surface area contributed by atoms with Crippen LogP contribution < -0.4 is 5.32 Å². The fraction of sp³-hybridized carbons (Fsp3) is 1.00. The maximum atomic E-state index is 11.8. The molecule has 0 aromatic rings. The molecule has 1 unspecified atom stereocenters. The van der Waals surface area contributed by atoms with Crippen molar-refractivity contribution in [1.82, 2.24) is 5.32 Å². The molecule has 2 nitrogen and oxygen atoms in total. The van der Waals surface area contributed by atoms with Crippen LogP contribution in [0, 0.1) is 5.92 Å². The number of rotatable bonds is 7. The smallest absolute Gasteiger partial charge is 0.389 e. The number of hydrogen-bond acceptors (Lipinski definition) is 2. The summed E-state index contributed by atoms with van der Waals surface area (Å²) < 4.78 is 35.3. The fourth-order valence-corrected chi connectivity index (χ4v) is 1.18. The predicted octanol–water partition coefficient (Wildman–Crippen LogP) is 2.33. The summed E-state index contributed by atoms with van der Waals surface area (Å²) in [7, 11) is 0. The fourth-order valence-electron chi connectivity index (χ4n) is 1.18. The van der Waals surface area contributed by atoms with Crippen LogP contribution in [0.15, 0.2) is 0 Å². The second-order valence-corrected chi connectivity index (χ2v) is 4.21. The van der Waals surface area contributed by atoms with Crippen molar-refractivity contribution in [1.29, 1.82) is 0 Å². The van der Waals surface area contributed by atoms with Gasteiger partial charge >= 0.3 is 6.18 Å². The van der Waals surface area contributed by atoms with Crippen molar-refractivity contribution in [3.05, 3.63) is 0 Å². The Morgan fingerprint density at radius 2 is 1.80 bits per heavy atom. The Morgan fingerprint density at radius 3 is 2.27 bits per heavy atom. The van der Waals surface area contributed by atoms with Gasteiger partial charge in [-0.05, 0) is 25.3 Å². The normalized spacial score (nSPS) is 14.6. The number of aliphatic hydroxyl groups is 1. The molecule has 1 atom stereocenters. The van der Waals surface area contributed by atoms with Crippen molar-refractivity contribution in [3.63, 3.8) is 0 Å². The van der Waals surface area contributed by atoms with E-state index in [4.69, 9.17) is 0 Å². The number of hydrogen-bond donors (Lipinski definition) is 2. The third kappa shape index (κ3) is 11.6. The number of halogens is 3. The molecule has 0 aliphatic carbocycles. The maximum Gasteiger partial charge on any atom is 0.389 e. The van der Waals surface area contributed by atoms with Crippen LogP contribution in [0.3, 0.4) is 0 Å². The van der Waals surface area contributed by atoms with Crippen molar-refractivity contribution in [2.24, 2.45) is 5.92 Å². The Kier molecular flexibility index (Phi) is 6.92. The monoisotopic (exact) mass is 227 g/mol. The Balaban J connectivity index is 3.37. The molecular formula is C10H20F3NO. The molecule has 0 spiro atoms. The minimum atomic E-state index is -4.11. The average molecular weight is 227 g/mol. The largest absolute Gasteiger partial charge is 0.392 e. The lowest BCUT2D eigenvalue weighted by Crippen LogP contribution is -2.29. The van der Waals surface area contributed by atoms with Gasteiger partial charge in [0.25, 0.3) is 0 Å². The van der Waals surface area contributed by atoms with Gasteiger partial charge in [0, 0.05) is 13.0 Å². The topological polar surface area (TPSA) is 32.3 Å². The lowest BCUT2D eigenvalue weighted by Gasteiger charge is -2.13. The number of nitrogens with one attached hydrogen (secondary N) is 1. The molecule has 5 heteroatoms. The van der Waals surface area contributed by atoms with E-state index in [1.807, 2.05) is 13.8 Å². The SMILES string of the molecule is CC(C)CNCC(O)CCCC(F)(F)F. The van der Waals surface area contributed by atoms with Crippen molar-refractivity contribution in [2.75, 3.05) is 13.1 Å². The summed E-state index contributed by atoms with van der Waals surface area (Å²) in [6.07, 6.45) is -5.40. The van der Waals surface area contributed by atoms with Crippen molar-refractivity contribution in [2.45, 2.75) is 45.4 Å². The zero-order chi connectivity index (χ0) is 11.9. The molecule has 0 amide bonds. The number of alkyl halides is 3.